The van der Waals surface area contributed by atoms with Crippen LogP contribution >= 0.6 is 0 Å². The van der Waals surface area contributed by atoms with Gasteiger partial charge in [0.1, 0.15) is 12.1 Å². The molecule has 0 atom stereocenters. The Kier molecular flexibility index (Phi) is 3.01. The van der Waals surface area contributed by atoms with Gasteiger partial charge >= 0.3 is 0 Å². The molecule has 1 fully saturated rings. The van der Waals surface area contributed by atoms with Crippen molar-refractivity contribution in [3.8, 4) is 0 Å². The summed E-state index contributed by atoms with van der Waals surface area (Å²) >= 11 is 0. The molecule has 0 radical (unpaired) electrons. The molecule has 1 aliphatic rings. The van der Waals surface area contributed by atoms with Gasteiger partial charge in [0.25, 0.3) is 0 Å². The lowest BCUT2D eigenvalue weighted by atomic mass is 9.72. The van der Waals surface area contributed by atoms with E-state index in [9.17, 15) is 9.59 Å². The topological polar surface area (TPSA) is 34.1 Å². The summed E-state index contributed by atoms with van der Waals surface area (Å²) in [6.07, 6.45) is 5.94. The van der Waals surface area contributed by atoms with Crippen molar-refractivity contribution >= 4 is 12.1 Å². The molecule has 1 saturated carbocycles. The van der Waals surface area contributed by atoms with E-state index in [0.717, 1.165) is 38.4 Å². The van der Waals surface area contributed by atoms with Crippen molar-refractivity contribution in [1.29, 1.82) is 0 Å². The minimum atomic E-state index is 0.259. The number of hydrogen-bond donors (Lipinski definition) is 0. The van der Waals surface area contributed by atoms with Crippen molar-refractivity contribution in [2.75, 3.05) is 0 Å². The highest BCUT2D eigenvalue weighted by atomic mass is 16.1. The van der Waals surface area contributed by atoms with Gasteiger partial charge in [-0.2, -0.15) is 0 Å². The third kappa shape index (κ3) is 2.43. The smallest absolute Gasteiger partial charge is 0.132 e. The summed E-state index contributed by atoms with van der Waals surface area (Å²) in [5.74, 6) is 0.388. The molecular formula is C10H16O2. The quantitative estimate of drug-likeness (QED) is 0.605. The molecule has 0 saturated heterocycles. The Balaban J connectivity index is 2.38. The molecule has 0 amide bonds. The highest BCUT2D eigenvalue weighted by Crippen LogP contribution is 2.37. The molecule has 12 heavy (non-hydrogen) atoms. The number of rotatable bonds is 3. The number of ketones is 1. The summed E-state index contributed by atoms with van der Waals surface area (Å²) in [5, 5.41) is 0. The second kappa shape index (κ2) is 3.83. The first-order chi connectivity index (χ1) is 5.66. The Bertz CT molecular complexity index is 169. The van der Waals surface area contributed by atoms with E-state index in [1.165, 1.54) is 0 Å². The maximum atomic E-state index is 11.0. The molecule has 0 unspecified atom stereocenters. The number of carbonyl (C=O) groups excluding carboxylic acids is 2. The summed E-state index contributed by atoms with van der Waals surface area (Å²) in [6.45, 7) is 2.18. The van der Waals surface area contributed by atoms with Crippen LogP contribution in [-0.4, -0.2) is 12.1 Å². The SMILES string of the molecule is CC1(CCC=O)CCC(=O)CC1. The van der Waals surface area contributed by atoms with Crippen LogP contribution in [0.1, 0.15) is 45.4 Å². The minimum Gasteiger partial charge on any atom is -0.303 e. The third-order valence-corrected chi connectivity index (χ3v) is 2.88. The standard InChI is InChI=1S/C10H16O2/c1-10(5-2-8-11)6-3-9(12)4-7-10/h8H,2-7H2,1H3. The molecule has 0 spiro atoms. The molecule has 2 nitrogen and oxygen atoms in total. The van der Waals surface area contributed by atoms with Crippen LogP contribution in [0.25, 0.3) is 0 Å². The van der Waals surface area contributed by atoms with Gasteiger partial charge in [0.15, 0.2) is 0 Å². The molecule has 0 aliphatic heterocycles. The van der Waals surface area contributed by atoms with E-state index in [-0.39, 0.29) is 5.41 Å². The average Bonchev–Trinajstić information content (AvgIpc) is 2.08. The average molecular weight is 168 g/mol. The highest BCUT2D eigenvalue weighted by Gasteiger charge is 2.29. The first kappa shape index (κ1) is 9.43. The summed E-state index contributed by atoms with van der Waals surface area (Å²) in [7, 11) is 0. The molecule has 0 bridgehead atoms. The fourth-order valence-electron chi connectivity index (χ4n) is 1.79. The third-order valence-electron chi connectivity index (χ3n) is 2.88. The van der Waals surface area contributed by atoms with Gasteiger partial charge in [0, 0.05) is 19.3 Å². The fraction of sp³-hybridized carbons (Fsp3) is 0.800. The molecule has 1 aliphatic carbocycles. The van der Waals surface area contributed by atoms with Gasteiger partial charge in [-0.1, -0.05) is 6.92 Å². The van der Waals surface area contributed by atoms with Crippen LogP contribution in [0.5, 0.6) is 0 Å². The lowest BCUT2D eigenvalue weighted by molar-refractivity contribution is -0.122. The monoisotopic (exact) mass is 168 g/mol. The van der Waals surface area contributed by atoms with Gasteiger partial charge in [-0.05, 0) is 24.7 Å². The van der Waals surface area contributed by atoms with Crippen molar-refractivity contribution < 1.29 is 9.59 Å². The second-order valence-corrected chi connectivity index (χ2v) is 4.05. The number of carbonyl (C=O) groups is 2. The number of hydrogen-bond acceptors (Lipinski definition) is 2. The summed E-state index contributed by atoms with van der Waals surface area (Å²) in [4.78, 5) is 21.1. The summed E-state index contributed by atoms with van der Waals surface area (Å²) in [6, 6.07) is 0. The number of aldehydes is 1. The lowest BCUT2D eigenvalue weighted by Crippen LogP contribution is -2.24. The zero-order valence-corrected chi connectivity index (χ0v) is 7.64. The van der Waals surface area contributed by atoms with Crippen molar-refractivity contribution in [2.45, 2.75) is 45.4 Å². The summed E-state index contributed by atoms with van der Waals surface area (Å²) in [5.41, 5.74) is 0.259. The zero-order chi connectivity index (χ0) is 9.03. The van der Waals surface area contributed by atoms with Crippen LogP contribution in [0, 0.1) is 5.41 Å². The Labute approximate surface area is 73.3 Å². The van der Waals surface area contributed by atoms with Crippen LogP contribution in [0.15, 0.2) is 0 Å². The minimum absolute atomic E-state index is 0.259. The Morgan fingerprint density at radius 3 is 2.50 bits per heavy atom. The highest BCUT2D eigenvalue weighted by molar-refractivity contribution is 5.79. The second-order valence-electron chi connectivity index (χ2n) is 4.05. The molecule has 0 aromatic rings. The van der Waals surface area contributed by atoms with E-state index >= 15 is 0 Å². The van der Waals surface area contributed by atoms with Crippen molar-refractivity contribution in [3.05, 3.63) is 0 Å². The largest absolute Gasteiger partial charge is 0.303 e. The van der Waals surface area contributed by atoms with Crippen molar-refractivity contribution in [1.82, 2.24) is 0 Å². The van der Waals surface area contributed by atoms with Crippen molar-refractivity contribution in [3.63, 3.8) is 0 Å². The Morgan fingerprint density at radius 2 is 2.00 bits per heavy atom. The maximum Gasteiger partial charge on any atom is 0.132 e. The van der Waals surface area contributed by atoms with E-state index in [1.807, 2.05) is 0 Å². The van der Waals surface area contributed by atoms with Crippen LogP contribution in [0.3, 0.4) is 0 Å². The molecular weight excluding hydrogens is 152 g/mol. The van der Waals surface area contributed by atoms with Crippen LogP contribution < -0.4 is 0 Å². The van der Waals surface area contributed by atoms with Gasteiger partial charge in [0.2, 0.25) is 0 Å². The normalized spacial score (nSPS) is 22.2. The van der Waals surface area contributed by atoms with E-state index in [2.05, 4.69) is 6.92 Å². The van der Waals surface area contributed by atoms with Gasteiger partial charge in [-0.3, -0.25) is 4.79 Å². The molecule has 0 heterocycles. The molecule has 0 N–H and O–H groups in total. The van der Waals surface area contributed by atoms with E-state index in [4.69, 9.17) is 0 Å². The maximum absolute atomic E-state index is 11.0. The molecule has 1 rings (SSSR count). The van der Waals surface area contributed by atoms with Gasteiger partial charge < -0.3 is 4.79 Å². The molecule has 0 aromatic heterocycles. The first-order valence-corrected chi connectivity index (χ1v) is 4.62. The fourth-order valence-corrected chi connectivity index (χ4v) is 1.79. The zero-order valence-electron chi connectivity index (χ0n) is 7.64. The van der Waals surface area contributed by atoms with Crippen LogP contribution in [-0.2, 0) is 9.59 Å². The molecule has 68 valence electrons. The van der Waals surface area contributed by atoms with E-state index in [0.29, 0.717) is 12.2 Å². The predicted molar refractivity (Wildman–Crippen MR) is 46.9 cm³/mol. The van der Waals surface area contributed by atoms with Crippen LogP contribution in [0.4, 0.5) is 0 Å². The van der Waals surface area contributed by atoms with Gasteiger partial charge in [-0.25, -0.2) is 0 Å². The van der Waals surface area contributed by atoms with E-state index < -0.39 is 0 Å². The molecule has 0 aromatic carbocycles. The molecule has 2 heteroatoms. The Hall–Kier alpha value is -0.660. The Morgan fingerprint density at radius 1 is 1.42 bits per heavy atom. The van der Waals surface area contributed by atoms with Gasteiger partial charge in [0.05, 0.1) is 0 Å². The van der Waals surface area contributed by atoms with Crippen molar-refractivity contribution in [2.24, 2.45) is 5.41 Å². The van der Waals surface area contributed by atoms with E-state index in [1.54, 1.807) is 0 Å². The lowest BCUT2D eigenvalue weighted by Gasteiger charge is -2.32. The van der Waals surface area contributed by atoms with Crippen LogP contribution in [0.2, 0.25) is 0 Å². The number of Topliss-reactive ketones (excluding diaryl/α,β-unsaturated/α-hetero) is 1. The van der Waals surface area contributed by atoms with Gasteiger partial charge in [-0.15, -0.1) is 0 Å². The predicted octanol–water partition coefficient (Wildman–Crippen LogP) is 2.11. The summed E-state index contributed by atoms with van der Waals surface area (Å²) < 4.78 is 0. The first-order valence-electron chi connectivity index (χ1n) is 4.62.